The second-order valence-electron chi connectivity index (χ2n) is 3.33. The van der Waals surface area contributed by atoms with Gasteiger partial charge >= 0.3 is 0 Å². The van der Waals surface area contributed by atoms with Gasteiger partial charge in [0.2, 0.25) is 5.88 Å². The maximum Gasteiger partial charge on any atom is 0.277 e. The van der Waals surface area contributed by atoms with E-state index in [0.29, 0.717) is 13.2 Å². The highest BCUT2D eigenvalue weighted by molar-refractivity contribution is 6.29. The molecule has 0 aliphatic carbocycles. The molecule has 0 saturated heterocycles. The third-order valence-corrected chi connectivity index (χ3v) is 2.04. The third kappa shape index (κ3) is 4.54. The van der Waals surface area contributed by atoms with Gasteiger partial charge in [0.25, 0.3) is 5.69 Å². The zero-order valence-corrected chi connectivity index (χ0v) is 10.3. The van der Waals surface area contributed by atoms with Crippen LogP contribution in [0, 0.1) is 10.1 Å². The van der Waals surface area contributed by atoms with E-state index in [1.54, 1.807) is 6.92 Å². The van der Waals surface area contributed by atoms with Crippen molar-refractivity contribution in [3.63, 3.8) is 0 Å². The molecular formula is C10H13ClN2O4. The Morgan fingerprint density at radius 2 is 2.29 bits per heavy atom. The van der Waals surface area contributed by atoms with E-state index in [1.807, 2.05) is 6.92 Å². The average molecular weight is 261 g/mol. The first kappa shape index (κ1) is 13.7. The molecule has 0 aromatic carbocycles. The summed E-state index contributed by atoms with van der Waals surface area (Å²) in [7, 11) is 0. The van der Waals surface area contributed by atoms with Crippen molar-refractivity contribution in [2.75, 3.05) is 13.2 Å². The van der Waals surface area contributed by atoms with Crippen molar-refractivity contribution in [2.45, 2.75) is 20.0 Å². The minimum Gasteiger partial charge on any atom is -0.472 e. The fraction of sp³-hybridized carbons (Fsp3) is 0.500. The maximum absolute atomic E-state index is 10.6. The van der Waals surface area contributed by atoms with Crippen LogP contribution in [-0.2, 0) is 4.74 Å². The number of nitrogens with zero attached hydrogens (tertiary/aromatic N) is 2. The minimum absolute atomic E-state index is 0.0257. The van der Waals surface area contributed by atoms with Crippen LogP contribution in [0.1, 0.15) is 13.8 Å². The molecule has 0 fully saturated rings. The summed E-state index contributed by atoms with van der Waals surface area (Å²) in [5, 5.41) is 10.6. The van der Waals surface area contributed by atoms with E-state index >= 15 is 0 Å². The average Bonchev–Trinajstić information content (AvgIpc) is 2.25. The van der Waals surface area contributed by atoms with Gasteiger partial charge in [0.15, 0.2) is 0 Å². The van der Waals surface area contributed by atoms with Gasteiger partial charge in [-0.15, -0.1) is 0 Å². The zero-order valence-electron chi connectivity index (χ0n) is 9.55. The van der Waals surface area contributed by atoms with Gasteiger partial charge in [-0.05, 0) is 13.8 Å². The van der Waals surface area contributed by atoms with E-state index in [0.717, 1.165) is 0 Å². The fourth-order valence-corrected chi connectivity index (χ4v) is 1.34. The maximum atomic E-state index is 10.6. The Morgan fingerprint density at radius 1 is 1.59 bits per heavy atom. The van der Waals surface area contributed by atoms with Gasteiger partial charge in [-0.25, -0.2) is 4.98 Å². The predicted molar refractivity (Wildman–Crippen MR) is 62.5 cm³/mol. The summed E-state index contributed by atoms with van der Waals surface area (Å²) < 4.78 is 10.5. The van der Waals surface area contributed by atoms with Crippen molar-refractivity contribution in [1.82, 2.24) is 4.98 Å². The Kier molecular flexibility index (Phi) is 5.11. The van der Waals surface area contributed by atoms with Gasteiger partial charge in [0.1, 0.15) is 11.3 Å². The molecule has 7 heteroatoms. The molecule has 1 heterocycles. The largest absolute Gasteiger partial charge is 0.472 e. The van der Waals surface area contributed by atoms with Gasteiger partial charge in [-0.1, -0.05) is 11.6 Å². The Bertz CT molecular complexity index is 400. The highest BCUT2D eigenvalue weighted by Crippen LogP contribution is 2.22. The number of nitro groups is 1. The van der Waals surface area contributed by atoms with Gasteiger partial charge in [-0.3, -0.25) is 10.1 Å². The summed E-state index contributed by atoms with van der Waals surface area (Å²) >= 11 is 5.66. The van der Waals surface area contributed by atoms with E-state index in [2.05, 4.69) is 4.98 Å². The predicted octanol–water partition coefficient (Wildman–Crippen LogP) is 2.45. The lowest BCUT2D eigenvalue weighted by Gasteiger charge is -2.13. The summed E-state index contributed by atoms with van der Waals surface area (Å²) in [5.41, 5.74) is -0.149. The number of hydrogen-bond acceptors (Lipinski definition) is 5. The quantitative estimate of drug-likeness (QED) is 0.446. The molecule has 6 nitrogen and oxygen atoms in total. The number of rotatable bonds is 6. The zero-order chi connectivity index (χ0) is 12.8. The Labute approximate surface area is 104 Å². The third-order valence-electron chi connectivity index (χ3n) is 1.84. The number of halogens is 1. The summed E-state index contributed by atoms with van der Waals surface area (Å²) in [5.74, 6) is 0.122. The molecule has 0 aliphatic heterocycles. The van der Waals surface area contributed by atoms with Crippen molar-refractivity contribution >= 4 is 17.3 Å². The van der Waals surface area contributed by atoms with Crippen molar-refractivity contribution in [3.05, 3.63) is 27.4 Å². The molecule has 0 amide bonds. The first-order valence-electron chi connectivity index (χ1n) is 5.09. The van der Waals surface area contributed by atoms with Gasteiger partial charge < -0.3 is 9.47 Å². The molecule has 0 saturated carbocycles. The van der Waals surface area contributed by atoms with Crippen LogP contribution in [0.3, 0.4) is 0 Å². The summed E-state index contributed by atoms with van der Waals surface area (Å²) in [6, 6.07) is 2.40. The number of ether oxygens (including phenoxy) is 2. The highest BCUT2D eigenvalue weighted by Gasteiger charge is 2.13. The normalized spacial score (nSPS) is 12.2. The lowest BCUT2D eigenvalue weighted by molar-refractivity contribution is -0.385. The van der Waals surface area contributed by atoms with E-state index < -0.39 is 4.92 Å². The monoisotopic (exact) mass is 260 g/mol. The molecule has 0 N–H and O–H groups in total. The molecule has 17 heavy (non-hydrogen) atoms. The standard InChI is InChI=1S/C10H13ClN2O4/c1-3-16-6-7(2)17-10-5-8(13(14)15)4-9(11)12-10/h4-5,7H,3,6H2,1-2H3. The summed E-state index contributed by atoms with van der Waals surface area (Å²) in [6.45, 7) is 4.62. The van der Waals surface area contributed by atoms with Crippen LogP contribution in [0.5, 0.6) is 5.88 Å². The molecule has 0 radical (unpaired) electrons. The highest BCUT2D eigenvalue weighted by atomic mass is 35.5. The van der Waals surface area contributed by atoms with Crippen LogP contribution >= 0.6 is 11.6 Å². The van der Waals surface area contributed by atoms with Crippen LogP contribution in [0.25, 0.3) is 0 Å². The Hall–Kier alpha value is -1.40. The molecular weight excluding hydrogens is 248 g/mol. The Morgan fingerprint density at radius 3 is 2.88 bits per heavy atom. The summed E-state index contributed by atoms with van der Waals surface area (Å²) in [4.78, 5) is 13.9. The van der Waals surface area contributed by atoms with Crippen LogP contribution in [0.15, 0.2) is 12.1 Å². The van der Waals surface area contributed by atoms with Gasteiger partial charge in [0.05, 0.1) is 23.7 Å². The van der Waals surface area contributed by atoms with Gasteiger partial charge in [0, 0.05) is 6.61 Å². The minimum atomic E-state index is -0.548. The number of pyridine rings is 1. The first-order valence-corrected chi connectivity index (χ1v) is 5.47. The molecule has 1 aromatic heterocycles. The van der Waals surface area contributed by atoms with E-state index in [-0.39, 0.29) is 22.8 Å². The van der Waals surface area contributed by atoms with Crippen LogP contribution in [0.2, 0.25) is 5.15 Å². The molecule has 94 valence electrons. The SMILES string of the molecule is CCOCC(C)Oc1cc([N+](=O)[O-])cc(Cl)n1. The smallest absolute Gasteiger partial charge is 0.277 e. The molecule has 0 bridgehead atoms. The van der Waals surface area contributed by atoms with E-state index in [9.17, 15) is 10.1 Å². The van der Waals surface area contributed by atoms with Crippen molar-refractivity contribution in [1.29, 1.82) is 0 Å². The van der Waals surface area contributed by atoms with Crippen molar-refractivity contribution in [2.24, 2.45) is 0 Å². The molecule has 1 rings (SSSR count). The van der Waals surface area contributed by atoms with Crippen LogP contribution < -0.4 is 4.74 Å². The number of hydrogen-bond donors (Lipinski definition) is 0. The van der Waals surface area contributed by atoms with Crippen molar-refractivity contribution < 1.29 is 14.4 Å². The molecule has 0 spiro atoms. The lowest BCUT2D eigenvalue weighted by Crippen LogP contribution is -2.19. The summed E-state index contributed by atoms with van der Waals surface area (Å²) in [6.07, 6.45) is -0.250. The molecule has 1 atom stereocenters. The molecule has 1 aromatic rings. The lowest BCUT2D eigenvalue weighted by atomic mass is 10.4. The van der Waals surface area contributed by atoms with Crippen LogP contribution in [0.4, 0.5) is 5.69 Å². The van der Waals surface area contributed by atoms with E-state index in [4.69, 9.17) is 21.1 Å². The van der Waals surface area contributed by atoms with Gasteiger partial charge in [-0.2, -0.15) is 0 Å². The van der Waals surface area contributed by atoms with E-state index in [1.165, 1.54) is 12.1 Å². The van der Waals surface area contributed by atoms with Crippen molar-refractivity contribution in [3.8, 4) is 5.88 Å². The Balaban J connectivity index is 2.73. The second-order valence-corrected chi connectivity index (χ2v) is 3.72. The van der Waals surface area contributed by atoms with Crippen LogP contribution in [-0.4, -0.2) is 29.2 Å². The fourth-order valence-electron chi connectivity index (χ4n) is 1.15. The molecule has 0 aliphatic rings. The number of aromatic nitrogens is 1. The second kappa shape index (κ2) is 6.36. The molecule has 1 unspecified atom stereocenters. The first-order chi connectivity index (χ1) is 8.02. The topological polar surface area (TPSA) is 74.5 Å².